The third kappa shape index (κ3) is 3.35. The molecule has 26 heavy (non-hydrogen) atoms. The van der Waals surface area contributed by atoms with E-state index in [1.54, 1.807) is 4.31 Å². The maximum atomic E-state index is 12.6. The molecule has 0 spiro atoms. The highest BCUT2D eigenvalue weighted by Crippen LogP contribution is 2.36. The molecule has 3 heterocycles. The highest BCUT2D eigenvalue weighted by atomic mass is 32.2. The van der Waals surface area contributed by atoms with Gasteiger partial charge in [0.1, 0.15) is 5.82 Å². The van der Waals surface area contributed by atoms with Gasteiger partial charge in [0.05, 0.1) is 12.3 Å². The molecule has 4 rings (SSSR count). The minimum Gasteiger partial charge on any atom is -0.357 e. The molecule has 6 heteroatoms. The van der Waals surface area contributed by atoms with Gasteiger partial charge in [0, 0.05) is 25.8 Å². The van der Waals surface area contributed by atoms with Crippen LogP contribution in [0.1, 0.15) is 42.0 Å². The summed E-state index contributed by atoms with van der Waals surface area (Å²) in [6.45, 7) is 2.58. The van der Waals surface area contributed by atoms with Crippen LogP contribution in [0.2, 0.25) is 0 Å². The predicted molar refractivity (Wildman–Crippen MR) is 104 cm³/mol. The zero-order valence-corrected chi connectivity index (χ0v) is 16.0. The van der Waals surface area contributed by atoms with Gasteiger partial charge >= 0.3 is 0 Å². The fraction of sp³-hybridized carbons (Fsp3) is 0.450. The molecule has 1 aromatic heterocycles. The quantitative estimate of drug-likeness (QED) is 0.832. The standard InChI is InChI=1S/C20H25N3O2S/c1-26(24,25)23-14-6-8-16-7-2-3-9-18(16)20(23)17-10-11-21-19(15-17)22-12-4-5-13-22/h2-3,7,9-11,15,20H,4-6,8,12-14H2,1H3. The molecular weight excluding hydrogens is 346 g/mol. The lowest BCUT2D eigenvalue weighted by Gasteiger charge is -2.30. The second-order valence-corrected chi connectivity index (χ2v) is 9.16. The van der Waals surface area contributed by atoms with Gasteiger partial charge in [-0.1, -0.05) is 24.3 Å². The molecule has 2 aliphatic rings. The summed E-state index contributed by atoms with van der Waals surface area (Å²) in [5, 5.41) is 0. The molecule has 1 unspecified atom stereocenters. The Labute approximate surface area is 155 Å². The van der Waals surface area contributed by atoms with Crippen LogP contribution < -0.4 is 4.90 Å². The normalized spacial score (nSPS) is 21.4. The first-order valence-electron chi connectivity index (χ1n) is 9.29. The molecule has 1 atom stereocenters. The molecule has 1 aromatic carbocycles. The Bertz CT molecular complexity index is 891. The van der Waals surface area contributed by atoms with Gasteiger partial charge in [-0.05, 0) is 54.5 Å². The molecule has 0 saturated carbocycles. The van der Waals surface area contributed by atoms with E-state index in [1.165, 1.54) is 24.7 Å². The van der Waals surface area contributed by atoms with Crippen molar-refractivity contribution in [3.05, 3.63) is 59.3 Å². The van der Waals surface area contributed by atoms with E-state index in [1.807, 2.05) is 24.4 Å². The van der Waals surface area contributed by atoms with Crippen molar-refractivity contribution >= 4 is 15.8 Å². The van der Waals surface area contributed by atoms with Crippen LogP contribution in [0.4, 0.5) is 5.82 Å². The zero-order valence-electron chi connectivity index (χ0n) is 15.1. The van der Waals surface area contributed by atoms with Crippen LogP contribution in [0.15, 0.2) is 42.6 Å². The fourth-order valence-corrected chi connectivity index (χ4v) is 5.24. The first kappa shape index (κ1) is 17.5. The summed E-state index contributed by atoms with van der Waals surface area (Å²) < 4.78 is 26.8. The SMILES string of the molecule is CS(=O)(=O)N1CCCc2ccccc2C1c1ccnc(N2CCCC2)c1. The molecule has 0 amide bonds. The molecule has 0 radical (unpaired) electrons. The van der Waals surface area contributed by atoms with Crippen LogP contribution in [-0.2, 0) is 16.4 Å². The molecule has 138 valence electrons. The number of sulfonamides is 1. The Morgan fingerprint density at radius 2 is 1.81 bits per heavy atom. The maximum absolute atomic E-state index is 12.6. The summed E-state index contributed by atoms with van der Waals surface area (Å²) in [5.74, 6) is 0.954. The lowest BCUT2D eigenvalue weighted by molar-refractivity contribution is 0.368. The van der Waals surface area contributed by atoms with Crippen molar-refractivity contribution < 1.29 is 8.42 Å². The second-order valence-electron chi connectivity index (χ2n) is 7.22. The van der Waals surface area contributed by atoms with Gasteiger partial charge in [-0.15, -0.1) is 0 Å². The van der Waals surface area contributed by atoms with E-state index in [0.717, 1.165) is 42.9 Å². The molecule has 5 nitrogen and oxygen atoms in total. The van der Waals surface area contributed by atoms with Gasteiger partial charge in [-0.25, -0.2) is 13.4 Å². The Morgan fingerprint density at radius 3 is 2.58 bits per heavy atom. The Morgan fingerprint density at radius 1 is 1.04 bits per heavy atom. The molecule has 2 aliphatic heterocycles. The van der Waals surface area contributed by atoms with Crippen LogP contribution >= 0.6 is 0 Å². The minimum atomic E-state index is -3.32. The predicted octanol–water partition coefficient (Wildman–Crippen LogP) is 2.98. The summed E-state index contributed by atoms with van der Waals surface area (Å²) >= 11 is 0. The van der Waals surface area contributed by atoms with Gasteiger partial charge in [0.15, 0.2) is 0 Å². The average Bonchev–Trinajstić information content (AvgIpc) is 3.08. The average molecular weight is 372 g/mol. The van der Waals surface area contributed by atoms with Crippen molar-refractivity contribution in [1.82, 2.24) is 9.29 Å². The van der Waals surface area contributed by atoms with Crippen LogP contribution in [0.3, 0.4) is 0 Å². The largest absolute Gasteiger partial charge is 0.357 e. The van der Waals surface area contributed by atoms with E-state index in [0.29, 0.717) is 6.54 Å². The van der Waals surface area contributed by atoms with Crippen molar-refractivity contribution in [3.63, 3.8) is 0 Å². The number of aromatic nitrogens is 1. The number of nitrogens with zero attached hydrogens (tertiary/aromatic N) is 3. The number of fused-ring (bicyclic) bond motifs is 1. The van der Waals surface area contributed by atoms with E-state index < -0.39 is 10.0 Å². The van der Waals surface area contributed by atoms with Gasteiger partial charge in [0.25, 0.3) is 0 Å². The Hall–Kier alpha value is -1.92. The molecule has 1 fully saturated rings. The van der Waals surface area contributed by atoms with E-state index >= 15 is 0 Å². The van der Waals surface area contributed by atoms with E-state index in [2.05, 4.69) is 28.1 Å². The molecule has 0 bridgehead atoms. The molecule has 2 aromatic rings. The molecule has 1 saturated heterocycles. The van der Waals surface area contributed by atoms with Crippen molar-refractivity contribution in [3.8, 4) is 0 Å². The maximum Gasteiger partial charge on any atom is 0.212 e. The van der Waals surface area contributed by atoms with Crippen LogP contribution in [-0.4, -0.2) is 43.6 Å². The summed E-state index contributed by atoms with van der Waals surface area (Å²) in [4.78, 5) is 6.83. The first-order chi connectivity index (χ1) is 12.5. The Balaban J connectivity index is 1.83. The summed E-state index contributed by atoms with van der Waals surface area (Å²) in [6, 6.07) is 12.0. The van der Waals surface area contributed by atoms with Gasteiger partial charge in [0.2, 0.25) is 10.0 Å². The topological polar surface area (TPSA) is 53.5 Å². The number of benzene rings is 1. The highest BCUT2D eigenvalue weighted by molar-refractivity contribution is 7.88. The number of pyridine rings is 1. The molecule has 0 N–H and O–H groups in total. The molecule has 0 aliphatic carbocycles. The van der Waals surface area contributed by atoms with Gasteiger partial charge in [-0.3, -0.25) is 0 Å². The lowest BCUT2D eigenvalue weighted by atomic mass is 9.94. The number of aryl methyl sites for hydroxylation is 1. The monoisotopic (exact) mass is 371 g/mol. The van der Waals surface area contributed by atoms with Crippen molar-refractivity contribution in [2.24, 2.45) is 0 Å². The third-order valence-electron chi connectivity index (χ3n) is 5.40. The fourth-order valence-electron chi connectivity index (χ4n) is 4.16. The smallest absolute Gasteiger partial charge is 0.212 e. The van der Waals surface area contributed by atoms with Crippen LogP contribution in [0, 0.1) is 0 Å². The lowest BCUT2D eigenvalue weighted by Crippen LogP contribution is -2.35. The summed E-state index contributed by atoms with van der Waals surface area (Å²) in [7, 11) is -3.32. The number of rotatable bonds is 3. The van der Waals surface area contributed by atoms with Crippen LogP contribution in [0.25, 0.3) is 0 Å². The zero-order chi connectivity index (χ0) is 18.1. The van der Waals surface area contributed by atoms with Crippen LogP contribution in [0.5, 0.6) is 0 Å². The van der Waals surface area contributed by atoms with E-state index in [4.69, 9.17) is 0 Å². The van der Waals surface area contributed by atoms with E-state index in [-0.39, 0.29) is 6.04 Å². The number of anilines is 1. The number of hydrogen-bond donors (Lipinski definition) is 0. The van der Waals surface area contributed by atoms with Crippen molar-refractivity contribution in [2.45, 2.75) is 31.7 Å². The molecular formula is C20H25N3O2S. The number of hydrogen-bond acceptors (Lipinski definition) is 4. The Kier molecular flexibility index (Phi) is 4.71. The minimum absolute atomic E-state index is 0.284. The van der Waals surface area contributed by atoms with Crippen molar-refractivity contribution in [2.75, 3.05) is 30.8 Å². The third-order valence-corrected chi connectivity index (χ3v) is 6.65. The first-order valence-corrected chi connectivity index (χ1v) is 11.1. The summed E-state index contributed by atoms with van der Waals surface area (Å²) in [5.41, 5.74) is 3.33. The summed E-state index contributed by atoms with van der Waals surface area (Å²) in [6.07, 6.45) is 7.25. The van der Waals surface area contributed by atoms with Gasteiger partial charge in [-0.2, -0.15) is 4.31 Å². The van der Waals surface area contributed by atoms with Gasteiger partial charge < -0.3 is 4.90 Å². The van der Waals surface area contributed by atoms with E-state index in [9.17, 15) is 8.42 Å². The van der Waals surface area contributed by atoms with Crippen molar-refractivity contribution in [1.29, 1.82) is 0 Å². The highest BCUT2D eigenvalue weighted by Gasteiger charge is 2.33. The second kappa shape index (κ2) is 7.00.